The molecule has 1 saturated heterocycles. The molecular weight excluding hydrogens is 470 g/mol. The largest absolute Gasteiger partial charge is 0.507 e. The topological polar surface area (TPSA) is 96.3 Å². The van der Waals surface area contributed by atoms with E-state index in [0.717, 1.165) is 11.1 Å². The number of aliphatic hydroxyl groups excluding tert-OH is 1. The zero-order chi connectivity index (χ0) is 26.9. The molecule has 4 rings (SSSR count). The first-order chi connectivity index (χ1) is 17.7. The zero-order valence-electron chi connectivity index (χ0n) is 21.6. The van der Waals surface area contributed by atoms with Gasteiger partial charge in [-0.05, 0) is 78.9 Å². The number of benzene rings is 3. The van der Waals surface area contributed by atoms with Crippen molar-refractivity contribution in [3.05, 3.63) is 88.5 Å². The van der Waals surface area contributed by atoms with Crippen molar-refractivity contribution in [3.8, 4) is 17.2 Å². The fraction of sp³-hybridized carbons (Fsp3) is 0.267. The Morgan fingerprint density at radius 1 is 1.00 bits per heavy atom. The lowest BCUT2D eigenvalue weighted by Gasteiger charge is -2.26. The molecule has 0 aliphatic carbocycles. The fourth-order valence-electron chi connectivity index (χ4n) is 4.59. The molecule has 1 aliphatic heterocycles. The van der Waals surface area contributed by atoms with Crippen LogP contribution >= 0.6 is 0 Å². The predicted molar refractivity (Wildman–Crippen MR) is 142 cm³/mol. The number of aryl methyl sites for hydroxylation is 1. The first kappa shape index (κ1) is 25.8. The summed E-state index contributed by atoms with van der Waals surface area (Å²) in [5.41, 5.74) is 3.24. The van der Waals surface area contributed by atoms with E-state index in [1.807, 2.05) is 19.1 Å². The van der Waals surface area contributed by atoms with E-state index >= 15 is 0 Å². The van der Waals surface area contributed by atoms with Crippen molar-refractivity contribution in [2.75, 3.05) is 18.6 Å². The number of anilines is 1. The van der Waals surface area contributed by atoms with Gasteiger partial charge in [0.2, 0.25) is 0 Å². The number of ether oxygens (including phenoxy) is 2. The van der Waals surface area contributed by atoms with Gasteiger partial charge in [0.15, 0.2) is 11.5 Å². The van der Waals surface area contributed by atoms with Gasteiger partial charge < -0.3 is 19.7 Å². The van der Waals surface area contributed by atoms with Gasteiger partial charge in [-0.2, -0.15) is 0 Å². The van der Waals surface area contributed by atoms with Crippen LogP contribution in [0.2, 0.25) is 0 Å². The third kappa shape index (κ3) is 4.77. The number of aliphatic hydroxyl groups is 1. The van der Waals surface area contributed by atoms with Crippen LogP contribution in [0.15, 0.2) is 66.2 Å². The molecule has 3 aromatic rings. The summed E-state index contributed by atoms with van der Waals surface area (Å²) in [4.78, 5) is 28.2. The molecular formula is C30H31NO6. The Kier molecular flexibility index (Phi) is 7.25. The summed E-state index contributed by atoms with van der Waals surface area (Å²) in [5.74, 6) is -0.741. The van der Waals surface area contributed by atoms with Crippen molar-refractivity contribution in [2.45, 2.75) is 39.7 Å². The van der Waals surface area contributed by atoms with Crippen molar-refractivity contribution in [1.82, 2.24) is 0 Å². The number of Topliss-reactive ketones (excluding diaryl/α,β-unsaturated/α-hetero) is 1. The van der Waals surface area contributed by atoms with Crippen molar-refractivity contribution in [2.24, 2.45) is 0 Å². The minimum Gasteiger partial charge on any atom is -0.507 e. The number of amides is 1. The highest BCUT2D eigenvalue weighted by atomic mass is 16.5. The number of rotatable bonds is 7. The second-order valence-electron chi connectivity index (χ2n) is 9.26. The Morgan fingerprint density at radius 2 is 1.70 bits per heavy atom. The van der Waals surface area contributed by atoms with Crippen molar-refractivity contribution in [1.29, 1.82) is 0 Å². The lowest BCUT2D eigenvalue weighted by molar-refractivity contribution is -0.132. The number of carbonyl (C=O) groups excluding carboxylic acids is 2. The lowest BCUT2D eigenvalue weighted by atomic mass is 9.94. The normalized spacial score (nSPS) is 16.9. The summed E-state index contributed by atoms with van der Waals surface area (Å²) in [6.45, 7) is 8.09. The van der Waals surface area contributed by atoms with Crippen molar-refractivity contribution >= 4 is 23.1 Å². The summed E-state index contributed by atoms with van der Waals surface area (Å²) in [6.07, 6.45) is 0. The van der Waals surface area contributed by atoms with Crippen LogP contribution in [0.4, 0.5) is 5.69 Å². The number of aromatic hydroxyl groups is 1. The fourth-order valence-corrected chi connectivity index (χ4v) is 4.59. The summed E-state index contributed by atoms with van der Waals surface area (Å²) >= 11 is 0. The van der Waals surface area contributed by atoms with Gasteiger partial charge in [0.1, 0.15) is 11.5 Å². The minimum absolute atomic E-state index is 0.0457. The van der Waals surface area contributed by atoms with E-state index in [1.54, 1.807) is 56.5 Å². The molecule has 37 heavy (non-hydrogen) atoms. The maximum absolute atomic E-state index is 13.4. The molecule has 1 amide bonds. The maximum Gasteiger partial charge on any atom is 0.300 e. The first-order valence-corrected chi connectivity index (χ1v) is 12.2. The van der Waals surface area contributed by atoms with Crippen LogP contribution in [0.5, 0.6) is 17.2 Å². The highest BCUT2D eigenvalue weighted by Gasteiger charge is 2.47. The lowest BCUT2D eigenvalue weighted by Crippen LogP contribution is -2.29. The first-order valence-electron chi connectivity index (χ1n) is 12.2. The highest BCUT2D eigenvalue weighted by Crippen LogP contribution is 2.44. The summed E-state index contributed by atoms with van der Waals surface area (Å²) in [5, 5.41) is 21.7. The standard InChI is InChI=1S/C30H31NO6/c1-6-37-25-16-20(9-13-23(25)32)27-26(28(33)21-10-14-24(36-5)18(4)15-21)29(34)30(35)31(27)22-11-7-19(8-12-22)17(2)3/h7-17,27,32-33H,6H2,1-5H3/b28-26-. The van der Waals surface area contributed by atoms with Crippen LogP contribution in [0.1, 0.15) is 55.0 Å². The van der Waals surface area contributed by atoms with Gasteiger partial charge in [0.25, 0.3) is 11.7 Å². The number of hydrogen-bond donors (Lipinski definition) is 2. The van der Waals surface area contributed by atoms with Crippen LogP contribution in [-0.2, 0) is 9.59 Å². The van der Waals surface area contributed by atoms with E-state index in [4.69, 9.17) is 9.47 Å². The molecule has 1 atom stereocenters. The second kappa shape index (κ2) is 10.4. The van der Waals surface area contributed by atoms with Crippen molar-refractivity contribution in [3.63, 3.8) is 0 Å². The SMILES string of the molecule is CCOc1cc(C2/C(=C(/O)c3ccc(OC)c(C)c3)C(=O)C(=O)N2c2ccc(C(C)C)cc2)ccc1O. The molecule has 0 bridgehead atoms. The van der Waals surface area contributed by atoms with Gasteiger partial charge in [0, 0.05) is 11.3 Å². The number of methoxy groups -OCH3 is 1. The smallest absolute Gasteiger partial charge is 0.300 e. The van der Waals surface area contributed by atoms with Gasteiger partial charge >= 0.3 is 0 Å². The van der Waals surface area contributed by atoms with Crippen LogP contribution < -0.4 is 14.4 Å². The number of nitrogens with zero attached hydrogens (tertiary/aromatic N) is 1. The Balaban J connectivity index is 1.94. The Bertz CT molecular complexity index is 1370. The van der Waals surface area contributed by atoms with Crippen LogP contribution in [0.25, 0.3) is 5.76 Å². The quantitative estimate of drug-likeness (QED) is 0.239. The van der Waals surface area contributed by atoms with Gasteiger partial charge in [-0.15, -0.1) is 0 Å². The molecule has 0 aromatic heterocycles. The highest BCUT2D eigenvalue weighted by molar-refractivity contribution is 6.51. The minimum atomic E-state index is -0.938. The number of phenolic OH excluding ortho intramolecular Hbond substituents is 1. The van der Waals surface area contributed by atoms with Gasteiger partial charge in [-0.3, -0.25) is 14.5 Å². The summed E-state index contributed by atoms with van der Waals surface area (Å²) < 4.78 is 10.9. The molecule has 2 N–H and O–H groups in total. The molecule has 1 aliphatic rings. The van der Waals surface area contributed by atoms with E-state index in [2.05, 4.69) is 13.8 Å². The van der Waals surface area contributed by atoms with E-state index in [1.165, 1.54) is 11.0 Å². The Labute approximate surface area is 216 Å². The van der Waals surface area contributed by atoms with E-state index in [-0.39, 0.29) is 22.8 Å². The van der Waals surface area contributed by atoms with Gasteiger partial charge in [0.05, 0.1) is 25.3 Å². The zero-order valence-corrected chi connectivity index (χ0v) is 21.6. The number of carbonyl (C=O) groups is 2. The van der Waals surface area contributed by atoms with E-state index in [9.17, 15) is 19.8 Å². The van der Waals surface area contributed by atoms with E-state index < -0.39 is 17.7 Å². The van der Waals surface area contributed by atoms with Gasteiger partial charge in [-0.25, -0.2) is 0 Å². The Morgan fingerprint density at radius 3 is 2.30 bits per heavy atom. The molecule has 0 saturated carbocycles. The molecule has 3 aromatic carbocycles. The molecule has 1 unspecified atom stereocenters. The molecule has 0 radical (unpaired) electrons. The van der Waals surface area contributed by atoms with Gasteiger partial charge in [-0.1, -0.05) is 32.0 Å². The number of ketones is 1. The third-order valence-corrected chi connectivity index (χ3v) is 6.55. The molecule has 7 nitrogen and oxygen atoms in total. The monoisotopic (exact) mass is 501 g/mol. The maximum atomic E-state index is 13.4. The molecule has 7 heteroatoms. The van der Waals surface area contributed by atoms with E-state index in [0.29, 0.717) is 35.1 Å². The molecule has 1 fully saturated rings. The molecule has 1 heterocycles. The number of phenols is 1. The molecule has 0 spiro atoms. The molecule has 192 valence electrons. The van der Waals surface area contributed by atoms with Crippen LogP contribution in [-0.4, -0.2) is 35.6 Å². The average Bonchev–Trinajstić information content (AvgIpc) is 3.15. The second-order valence-corrected chi connectivity index (χ2v) is 9.26. The predicted octanol–water partition coefficient (Wildman–Crippen LogP) is 5.86. The van der Waals surface area contributed by atoms with Crippen molar-refractivity contribution < 1.29 is 29.3 Å². The number of hydrogen-bond acceptors (Lipinski definition) is 6. The average molecular weight is 502 g/mol. The summed E-state index contributed by atoms with van der Waals surface area (Å²) in [7, 11) is 1.55. The summed E-state index contributed by atoms with van der Waals surface area (Å²) in [6, 6.07) is 16.2. The van der Waals surface area contributed by atoms with Crippen LogP contribution in [0, 0.1) is 6.92 Å². The third-order valence-electron chi connectivity index (χ3n) is 6.55. The Hall–Kier alpha value is -4.26. The van der Waals surface area contributed by atoms with Crippen LogP contribution in [0.3, 0.4) is 0 Å².